The number of esters is 1. The van der Waals surface area contributed by atoms with Gasteiger partial charge in [0.05, 0.1) is 29.9 Å². The molecule has 0 saturated carbocycles. The normalized spacial score (nSPS) is 13.3. The number of nitrogens with one attached hydrogen (secondary N) is 2. The SMILES string of the molecule is COC(=O)c1c(NC(=O)C[NH+](C)[C@@H](C)c2nc3ccccc3s2)sc(C)c1C. The number of methoxy groups -OCH3 is 1. The van der Waals surface area contributed by atoms with Crippen LogP contribution in [-0.4, -0.2) is 37.6 Å². The predicted octanol–water partition coefficient (Wildman–Crippen LogP) is 2.98. The third-order valence-electron chi connectivity index (χ3n) is 4.89. The lowest BCUT2D eigenvalue weighted by Crippen LogP contribution is -3.10. The molecule has 2 aromatic heterocycles. The highest BCUT2D eigenvalue weighted by Crippen LogP contribution is 2.32. The lowest BCUT2D eigenvalue weighted by Gasteiger charge is -2.19. The molecule has 1 unspecified atom stereocenters. The summed E-state index contributed by atoms with van der Waals surface area (Å²) in [7, 11) is 3.32. The van der Waals surface area contributed by atoms with Gasteiger partial charge in [-0.3, -0.25) is 4.79 Å². The molecule has 0 aliphatic carbocycles. The minimum absolute atomic E-state index is 0.0787. The van der Waals surface area contributed by atoms with Crippen LogP contribution in [0.4, 0.5) is 5.00 Å². The molecule has 0 saturated heterocycles. The van der Waals surface area contributed by atoms with Gasteiger partial charge in [0.15, 0.2) is 11.6 Å². The molecule has 8 heteroatoms. The Labute approximate surface area is 172 Å². The highest BCUT2D eigenvalue weighted by molar-refractivity contribution is 7.18. The summed E-state index contributed by atoms with van der Waals surface area (Å²) in [5.41, 5.74) is 2.27. The number of carbonyl (C=O) groups is 2. The number of para-hydroxylation sites is 1. The number of aryl methyl sites for hydroxylation is 1. The topological polar surface area (TPSA) is 72.7 Å². The summed E-state index contributed by atoms with van der Waals surface area (Å²) in [6, 6.07) is 8.11. The van der Waals surface area contributed by atoms with Gasteiger partial charge >= 0.3 is 5.97 Å². The van der Waals surface area contributed by atoms with Crippen molar-refractivity contribution in [1.29, 1.82) is 0 Å². The molecular weight excluding hydrogens is 394 g/mol. The van der Waals surface area contributed by atoms with Gasteiger partial charge in [-0.05, 0) is 38.5 Å². The molecule has 3 rings (SSSR count). The number of amides is 1. The van der Waals surface area contributed by atoms with E-state index >= 15 is 0 Å². The number of thiophene rings is 1. The van der Waals surface area contributed by atoms with Crippen LogP contribution in [0.2, 0.25) is 0 Å². The van der Waals surface area contributed by atoms with Crippen LogP contribution in [-0.2, 0) is 9.53 Å². The Morgan fingerprint density at radius 2 is 1.96 bits per heavy atom. The Balaban J connectivity index is 1.71. The number of carbonyl (C=O) groups excluding carboxylic acids is 2. The molecular formula is C20H24N3O3S2+. The van der Waals surface area contributed by atoms with Crippen molar-refractivity contribution in [1.82, 2.24) is 4.98 Å². The molecule has 2 N–H and O–H groups in total. The third-order valence-corrected chi connectivity index (χ3v) is 7.23. The first-order valence-electron chi connectivity index (χ1n) is 8.97. The Bertz CT molecular complexity index is 992. The van der Waals surface area contributed by atoms with Crippen molar-refractivity contribution in [2.45, 2.75) is 26.8 Å². The second-order valence-corrected chi connectivity index (χ2v) is 9.08. The van der Waals surface area contributed by atoms with Crippen molar-refractivity contribution < 1.29 is 19.2 Å². The molecule has 0 bridgehead atoms. The van der Waals surface area contributed by atoms with E-state index in [0.29, 0.717) is 10.6 Å². The number of hydrogen-bond donors (Lipinski definition) is 2. The van der Waals surface area contributed by atoms with E-state index in [1.54, 1.807) is 11.3 Å². The van der Waals surface area contributed by atoms with E-state index in [2.05, 4.69) is 18.3 Å². The van der Waals surface area contributed by atoms with Crippen molar-refractivity contribution >= 4 is 49.8 Å². The van der Waals surface area contributed by atoms with E-state index in [0.717, 1.165) is 30.6 Å². The maximum atomic E-state index is 12.6. The summed E-state index contributed by atoms with van der Waals surface area (Å²) in [4.78, 5) is 31.4. The quantitative estimate of drug-likeness (QED) is 0.604. The van der Waals surface area contributed by atoms with E-state index in [-0.39, 0.29) is 18.5 Å². The standard InChI is InChI=1S/C20H23N3O3S2/c1-11-13(3)27-19(17(11)20(25)26-5)22-16(24)10-23(4)12(2)18-21-14-8-6-7-9-15(14)28-18/h6-9,12H,10H2,1-5H3,(H,22,24)/p+1/t12-/m0/s1. The smallest absolute Gasteiger partial charge is 0.341 e. The van der Waals surface area contributed by atoms with E-state index in [9.17, 15) is 9.59 Å². The molecule has 1 aromatic carbocycles. The number of benzene rings is 1. The van der Waals surface area contributed by atoms with Crippen molar-refractivity contribution in [3.05, 3.63) is 45.3 Å². The van der Waals surface area contributed by atoms with E-state index in [1.165, 1.54) is 18.4 Å². The van der Waals surface area contributed by atoms with Crippen molar-refractivity contribution in [3.8, 4) is 0 Å². The number of hydrogen-bond acceptors (Lipinski definition) is 6. The summed E-state index contributed by atoms with van der Waals surface area (Å²) in [5.74, 6) is -0.572. The number of quaternary nitrogens is 1. The van der Waals surface area contributed by atoms with Crippen LogP contribution in [0, 0.1) is 13.8 Å². The Morgan fingerprint density at radius 3 is 2.64 bits per heavy atom. The summed E-state index contributed by atoms with van der Waals surface area (Å²) in [6.07, 6.45) is 0. The molecule has 2 atom stereocenters. The van der Waals surface area contributed by atoms with Gasteiger partial charge < -0.3 is 15.0 Å². The van der Waals surface area contributed by atoms with Crippen LogP contribution in [0.1, 0.15) is 38.8 Å². The fourth-order valence-corrected chi connectivity index (χ4v) is 5.10. The van der Waals surface area contributed by atoms with Crippen molar-refractivity contribution in [2.24, 2.45) is 0 Å². The largest absolute Gasteiger partial charge is 0.465 e. The molecule has 0 spiro atoms. The maximum Gasteiger partial charge on any atom is 0.341 e. The molecule has 0 aliphatic heterocycles. The maximum absolute atomic E-state index is 12.6. The summed E-state index contributed by atoms with van der Waals surface area (Å²) in [6.45, 7) is 6.13. The average Bonchev–Trinajstić information content (AvgIpc) is 3.21. The zero-order valence-corrected chi connectivity index (χ0v) is 18.2. The first-order valence-corrected chi connectivity index (χ1v) is 10.6. The molecule has 0 radical (unpaired) electrons. The van der Waals surface area contributed by atoms with Gasteiger partial charge in [0.1, 0.15) is 11.0 Å². The first kappa shape index (κ1) is 20.4. The second-order valence-electron chi connectivity index (χ2n) is 6.79. The minimum Gasteiger partial charge on any atom is -0.465 e. The lowest BCUT2D eigenvalue weighted by atomic mass is 10.1. The number of aromatic nitrogens is 1. The molecule has 148 valence electrons. The van der Waals surface area contributed by atoms with Crippen LogP contribution in [0.15, 0.2) is 24.3 Å². The van der Waals surface area contributed by atoms with Gasteiger partial charge in [-0.1, -0.05) is 12.1 Å². The lowest BCUT2D eigenvalue weighted by molar-refractivity contribution is -0.902. The van der Waals surface area contributed by atoms with Crippen molar-refractivity contribution in [2.75, 3.05) is 26.0 Å². The Morgan fingerprint density at radius 1 is 1.25 bits per heavy atom. The number of thiazole rings is 1. The number of nitrogens with zero attached hydrogens (tertiary/aromatic N) is 1. The van der Waals surface area contributed by atoms with Crippen molar-refractivity contribution in [3.63, 3.8) is 0 Å². The molecule has 2 heterocycles. The van der Waals surface area contributed by atoms with Gasteiger partial charge in [-0.25, -0.2) is 9.78 Å². The van der Waals surface area contributed by atoms with Gasteiger partial charge in [-0.15, -0.1) is 22.7 Å². The third kappa shape index (κ3) is 4.09. The number of likely N-dealkylation sites (N-methyl/N-ethyl adjacent to an activating group) is 1. The monoisotopic (exact) mass is 418 g/mol. The fourth-order valence-electron chi connectivity index (χ4n) is 2.93. The number of rotatable bonds is 6. The van der Waals surface area contributed by atoms with Crippen LogP contribution in [0.3, 0.4) is 0 Å². The number of anilines is 1. The minimum atomic E-state index is -0.430. The average molecular weight is 419 g/mol. The molecule has 0 aliphatic rings. The number of ether oxygens (including phenoxy) is 1. The van der Waals surface area contributed by atoms with Gasteiger partial charge in [0.25, 0.3) is 5.91 Å². The van der Waals surface area contributed by atoms with Gasteiger partial charge in [0, 0.05) is 4.88 Å². The van der Waals surface area contributed by atoms with Gasteiger partial charge in [-0.2, -0.15) is 0 Å². The molecule has 3 aromatic rings. The van der Waals surface area contributed by atoms with Crippen LogP contribution in [0.5, 0.6) is 0 Å². The molecule has 0 fully saturated rings. The molecule has 1 amide bonds. The predicted molar refractivity (Wildman–Crippen MR) is 114 cm³/mol. The molecule has 6 nitrogen and oxygen atoms in total. The van der Waals surface area contributed by atoms with Crippen LogP contribution >= 0.6 is 22.7 Å². The van der Waals surface area contributed by atoms with Gasteiger partial charge in [0.2, 0.25) is 0 Å². The highest BCUT2D eigenvalue weighted by Gasteiger charge is 2.25. The Hall–Kier alpha value is -2.29. The van der Waals surface area contributed by atoms with Crippen LogP contribution < -0.4 is 10.2 Å². The van der Waals surface area contributed by atoms with E-state index in [1.807, 2.05) is 39.1 Å². The summed E-state index contributed by atoms with van der Waals surface area (Å²) < 4.78 is 6.01. The zero-order valence-electron chi connectivity index (χ0n) is 16.6. The van der Waals surface area contributed by atoms with Crippen LogP contribution in [0.25, 0.3) is 10.2 Å². The number of fused-ring (bicyclic) bond motifs is 1. The first-order chi connectivity index (χ1) is 13.3. The highest BCUT2D eigenvalue weighted by atomic mass is 32.1. The van der Waals surface area contributed by atoms with E-state index in [4.69, 9.17) is 9.72 Å². The zero-order chi connectivity index (χ0) is 20.4. The Kier molecular flexibility index (Phi) is 6.12. The fraction of sp³-hybridized carbons (Fsp3) is 0.350. The summed E-state index contributed by atoms with van der Waals surface area (Å²) >= 11 is 3.05. The second kappa shape index (κ2) is 8.38. The molecule has 28 heavy (non-hydrogen) atoms. The summed E-state index contributed by atoms with van der Waals surface area (Å²) in [5, 5.41) is 4.44. The van der Waals surface area contributed by atoms with E-state index < -0.39 is 5.97 Å².